The van der Waals surface area contributed by atoms with Crippen LogP contribution >= 0.6 is 12.2 Å². The Morgan fingerprint density at radius 2 is 2.00 bits per heavy atom. The zero-order chi connectivity index (χ0) is 23.3. The summed E-state index contributed by atoms with van der Waals surface area (Å²) in [7, 11) is 1.47. The highest BCUT2D eigenvalue weighted by Crippen LogP contribution is 2.30. The maximum absolute atomic E-state index is 12.7. The summed E-state index contributed by atoms with van der Waals surface area (Å²) >= 11 is 5.04. The second kappa shape index (κ2) is 9.88. The quantitative estimate of drug-likeness (QED) is 0.275. The standard InChI is InChI=1S/C23H20N2O6S/c1-3-9-25-21(27)17(20(26)24-23(25)32)11-14-7-8-18(19(12-14)30-2)31-13-15-5-4-6-16(10-15)22(28)29/h3-8,10-12H,1,9,13H2,2H3,(H,28,29)(H,24,26,32)/b17-11+. The van der Waals surface area contributed by atoms with Gasteiger partial charge in [0.2, 0.25) is 0 Å². The number of carboxylic acids is 1. The van der Waals surface area contributed by atoms with Crippen molar-refractivity contribution in [1.29, 1.82) is 0 Å². The minimum absolute atomic E-state index is 0.0327. The molecule has 3 rings (SSSR count). The van der Waals surface area contributed by atoms with E-state index in [0.29, 0.717) is 22.6 Å². The molecule has 164 valence electrons. The van der Waals surface area contributed by atoms with E-state index in [1.54, 1.807) is 30.3 Å². The van der Waals surface area contributed by atoms with Crippen LogP contribution in [-0.4, -0.2) is 46.6 Å². The fourth-order valence-corrected chi connectivity index (χ4v) is 3.25. The zero-order valence-corrected chi connectivity index (χ0v) is 18.0. The Labute approximate surface area is 189 Å². The van der Waals surface area contributed by atoms with Crippen LogP contribution in [0.1, 0.15) is 21.5 Å². The van der Waals surface area contributed by atoms with Gasteiger partial charge in [0.25, 0.3) is 11.8 Å². The monoisotopic (exact) mass is 452 g/mol. The number of carbonyl (C=O) groups is 3. The normalized spacial score (nSPS) is 14.8. The van der Waals surface area contributed by atoms with E-state index >= 15 is 0 Å². The van der Waals surface area contributed by atoms with Crippen LogP contribution < -0.4 is 14.8 Å². The molecule has 0 atom stereocenters. The number of carbonyl (C=O) groups excluding carboxylic acids is 2. The van der Waals surface area contributed by atoms with Gasteiger partial charge in [-0.1, -0.05) is 24.3 Å². The molecule has 1 aliphatic heterocycles. The molecule has 0 aliphatic carbocycles. The van der Waals surface area contributed by atoms with E-state index in [4.69, 9.17) is 26.8 Å². The number of thiocarbonyl (C=S) groups is 1. The van der Waals surface area contributed by atoms with Gasteiger partial charge in [-0.2, -0.15) is 0 Å². The van der Waals surface area contributed by atoms with Gasteiger partial charge in [-0.15, -0.1) is 6.58 Å². The van der Waals surface area contributed by atoms with E-state index in [1.165, 1.54) is 36.3 Å². The third-order valence-corrected chi connectivity index (χ3v) is 4.89. The van der Waals surface area contributed by atoms with Crippen molar-refractivity contribution in [2.24, 2.45) is 0 Å². The van der Waals surface area contributed by atoms with Gasteiger partial charge in [-0.3, -0.25) is 19.8 Å². The summed E-state index contributed by atoms with van der Waals surface area (Å²) in [6.07, 6.45) is 2.96. The Balaban J connectivity index is 1.82. The van der Waals surface area contributed by atoms with Crippen LogP contribution in [-0.2, 0) is 16.2 Å². The van der Waals surface area contributed by atoms with Crippen molar-refractivity contribution in [2.45, 2.75) is 6.61 Å². The first-order chi connectivity index (χ1) is 15.3. The smallest absolute Gasteiger partial charge is 0.335 e. The Morgan fingerprint density at radius 1 is 1.22 bits per heavy atom. The molecule has 0 unspecified atom stereocenters. The van der Waals surface area contributed by atoms with Crippen LogP contribution in [0.3, 0.4) is 0 Å². The Bertz CT molecular complexity index is 1140. The topological polar surface area (TPSA) is 105 Å². The molecule has 0 saturated carbocycles. The van der Waals surface area contributed by atoms with Crippen molar-refractivity contribution in [3.05, 3.63) is 77.4 Å². The Morgan fingerprint density at radius 3 is 2.69 bits per heavy atom. The molecule has 1 aliphatic rings. The second-order valence-electron chi connectivity index (χ2n) is 6.73. The molecule has 8 nitrogen and oxygen atoms in total. The number of hydrogen-bond donors (Lipinski definition) is 2. The van der Waals surface area contributed by atoms with Crippen molar-refractivity contribution in [1.82, 2.24) is 10.2 Å². The summed E-state index contributed by atoms with van der Waals surface area (Å²) in [6.45, 7) is 3.90. The maximum atomic E-state index is 12.7. The van der Waals surface area contributed by atoms with Crippen LogP contribution in [0.2, 0.25) is 0 Å². The van der Waals surface area contributed by atoms with Gasteiger partial charge in [-0.05, 0) is 53.7 Å². The summed E-state index contributed by atoms with van der Waals surface area (Å²) in [4.78, 5) is 37.3. The number of nitrogens with one attached hydrogen (secondary N) is 1. The molecule has 1 fully saturated rings. The van der Waals surface area contributed by atoms with Gasteiger partial charge in [0, 0.05) is 6.54 Å². The number of carboxylic acid groups (broad SMARTS) is 1. The van der Waals surface area contributed by atoms with Crippen LogP contribution in [0.15, 0.2) is 60.7 Å². The highest BCUT2D eigenvalue weighted by molar-refractivity contribution is 7.80. The molecule has 0 bridgehead atoms. The lowest BCUT2D eigenvalue weighted by Crippen LogP contribution is -2.53. The number of benzene rings is 2. The zero-order valence-electron chi connectivity index (χ0n) is 17.2. The molecule has 2 N–H and O–H groups in total. The average Bonchev–Trinajstić information content (AvgIpc) is 2.78. The van der Waals surface area contributed by atoms with Gasteiger partial charge in [0.15, 0.2) is 16.6 Å². The number of aromatic carboxylic acids is 1. The average molecular weight is 452 g/mol. The first kappa shape index (κ1) is 22.7. The van der Waals surface area contributed by atoms with Crippen LogP contribution in [0.5, 0.6) is 11.5 Å². The molecule has 2 aromatic rings. The summed E-state index contributed by atoms with van der Waals surface area (Å²) < 4.78 is 11.2. The van der Waals surface area contributed by atoms with E-state index in [1.807, 2.05) is 0 Å². The van der Waals surface area contributed by atoms with E-state index < -0.39 is 17.8 Å². The summed E-state index contributed by atoms with van der Waals surface area (Å²) in [5.41, 5.74) is 1.33. The minimum atomic E-state index is -1.02. The number of amides is 2. The molecule has 2 aromatic carbocycles. The van der Waals surface area contributed by atoms with E-state index in [9.17, 15) is 14.4 Å². The summed E-state index contributed by atoms with van der Waals surface area (Å²) in [6, 6.07) is 11.4. The predicted octanol–water partition coefficient (Wildman–Crippen LogP) is 2.79. The lowest BCUT2D eigenvalue weighted by atomic mass is 10.1. The molecular formula is C23H20N2O6S. The first-order valence-corrected chi connectivity index (χ1v) is 9.87. The fourth-order valence-electron chi connectivity index (χ4n) is 3.00. The van der Waals surface area contributed by atoms with Gasteiger partial charge < -0.3 is 14.6 Å². The van der Waals surface area contributed by atoms with Crippen molar-refractivity contribution < 1.29 is 29.0 Å². The van der Waals surface area contributed by atoms with Crippen LogP contribution in [0.25, 0.3) is 6.08 Å². The van der Waals surface area contributed by atoms with Gasteiger partial charge in [0.05, 0.1) is 12.7 Å². The van der Waals surface area contributed by atoms with Gasteiger partial charge in [-0.25, -0.2) is 4.79 Å². The highest BCUT2D eigenvalue weighted by Gasteiger charge is 2.32. The number of methoxy groups -OCH3 is 1. The highest BCUT2D eigenvalue weighted by atomic mass is 32.1. The van der Waals surface area contributed by atoms with E-state index in [2.05, 4.69) is 11.9 Å². The van der Waals surface area contributed by atoms with Crippen molar-refractivity contribution in [2.75, 3.05) is 13.7 Å². The van der Waals surface area contributed by atoms with E-state index in [-0.39, 0.29) is 29.4 Å². The van der Waals surface area contributed by atoms with Crippen LogP contribution in [0.4, 0.5) is 0 Å². The molecule has 0 spiro atoms. The lowest BCUT2D eigenvalue weighted by Gasteiger charge is -2.27. The molecule has 32 heavy (non-hydrogen) atoms. The molecule has 0 radical (unpaired) electrons. The van der Waals surface area contributed by atoms with E-state index in [0.717, 1.165) is 0 Å². The third-order valence-electron chi connectivity index (χ3n) is 4.56. The van der Waals surface area contributed by atoms with Crippen LogP contribution in [0, 0.1) is 0 Å². The summed E-state index contributed by atoms with van der Waals surface area (Å²) in [5.74, 6) is -1.31. The largest absolute Gasteiger partial charge is 0.493 e. The van der Waals surface area contributed by atoms with Gasteiger partial charge in [0.1, 0.15) is 12.2 Å². The summed E-state index contributed by atoms with van der Waals surface area (Å²) in [5, 5.41) is 11.6. The number of ether oxygens (including phenoxy) is 2. The molecule has 1 saturated heterocycles. The van der Waals surface area contributed by atoms with Crippen molar-refractivity contribution >= 4 is 41.2 Å². The Hall–Kier alpha value is -3.98. The molecular weight excluding hydrogens is 432 g/mol. The first-order valence-electron chi connectivity index (χ1n) is 9.47. The number of rotatable bonds is 8. The molecule has 9 heteroatoms. The second-order valence-corrected chi connectivity index (χ2v) is 7.11. The predicted molar refractivity (Wildman–Crippen MR) is 121 cm³/mol. The van der Waals surface area contributed by atoms with Crippen molar-refractivity contribution in [3.63, 3.8) is 0 Å². The van der Waals surface area contributed by atoms with Crippen molar-refractivity contribution in [3.8, 4) is 11.5 Å². The maximum Gasteiger partial charge on any atom is 0.335 e. The van der Waals surface area contributed by atoms with Gasteiger partial charge >= 0.3 is 5.97 Å². The molecule has 1 heterocycles. The fraction of sp³-hybridized carbons (Fsp3) is 0.130. The number of hydrogen-bond acceptors (Lipinski definition) is 6. The SMILES string of the molecule is C=CCN1C(=O)/C(=C/c2ccc(OCc3cccc(C(=O)O)c3)c(OC)c2)C(=O)NC1=S. The molecule has 0 aromatic heterocycles. The molecule has 2 amide bonds. The Kier molecular flexibility index (Phi) is 7.01. The minimum Gasteiger partial charge on any atom is -0.493 e. The third kappa shape index (κ3) is 5.01. The lowest BCUT2D eigenvalue weighted by molar-refractivity contribution is -0.128. The number of nitrogens with zero attached hydrogens (tertiary/aromatic N) is 1.